The Morgan fingerprint density at radius 2 is 2.00 bits per heavy atom. The third-order valence-corrected chi connectivity index (χ3v) is 6.28. The summed E-state index contributed by atoms with van der Waals surface area (Å²) in [6, 6.07) is 10.7. The van der Waals surface area contributed by atoms with E-state index < -0.39 is 0 Å². The number of anilines is 2. The summed E-state index contributed by atoms with van der Waals surface area (Å²) in [6.07, 6.45) is 0. The molecule has 0 saturated heterocycles. The summed E-state index contributed by atoms with van der Waals surface area (Å²) in [6.45, 7) is 2.00. The molecule has 1 N–H and O–H groups in total. The van der Waals surface area contributed by atoms with Crippen molar-refractivity contribution in [3.05, 3.63) is 57.6 Å². The van der Waals surface area contributed by atoms with E-state index in [1.807, 2.05) is 25.1 Å². The van der Waals surface area contributed by atoms with Crippen LogP contribution in [0.2, 0.25) is 10.0 Å². The zero-order chi connectivity index (χ0) is 19.4. The number of hydrogen-bond donors (Lipinski definition) is 1. The van der Waals surface area contributed by atoms with Crippen molar-refractivity contribution in [3.8, 4) is 5.75 Å². The van der Waals surface area contributed by atoms with E-state index >= 15 is 0 Å². The molecule has 140 valence electrons. The first-order valence-corrected chi connectivity index (χ1v) is 10.4. The minimum Gasteiger partial charge on any atom is -0.495 e. The number of halogens is 2. The molecule has 3 rings (SSSR count). The molecule has 0 unspecified atom stereocenters. The van der Waals surface area contributed by atoms with E-state index in [1.54, 1.807) is 25.3 Å². The maximum atomic E-state index is 12.3. The van der Waals surface area contributed by atoms with E-state index in [0.29, 0.717) is 25.1 Å². The van der Waals surface area contributed by atoms with Gasteiger partial charge in [-0.05, 0) is 42.8 Å². The molecule has 27 heavy (non-hydrogen) atoms. The molecule has 0 bridgehead atoms. The molecule has 3 aromatic rings. The van der Waals surface area contributed by atoms with Gasteiger partial charge >= 0.3 is 0 Å². The first kappa shape index (κ1) is 19.9. The zero-order valence-electron chi connectivity index (χ0n) is 14.5. The van der Waals surface area contributed by atoms with Crippen LogP contribution in [0, 0.1) is 6.92 Å². The van der Waals surface area contributed by atoms with Crippen LogP contribution >= 0.6 is 46.3 Å². The molecule has 0 aliphatic heterocycles. The molecule has 1 aromatic heterocycles. The highest BCUT2D eigenvalue weighted by atomic mass is 35.5. The van der Waals surface area contributed by atoms with Crippen LogP contribution in [0.4, 0.5) is 10.8 Å². The maximum absolute atomic E-state index is 12.3. The summed E-state index contributed by atoms with van der Waals surface area (Å²) in [4.78, 5) is 12.3. The molecule has 0 aliphatic carbocycles. The highest BCUT2D eigenvalue weighted by Crippen LogP contribution is 2.32. The number of nitrogens with one attached hydrogen (secondary N) is 1. The fourth-order valence-corrected chi connectivity index (χ4v) is 4.19. The number of carbonyl (C=O) groups excluding carboxylic acids is 1. The summed E-state index contributed by atoms with van der Waals surface area (Å²) in [5.74, 6) is 0.906. The predicted octanol–water partition coefficient (Wildman–Crippen LogP) is 5.88. The Morgan fingerprint density at radius 1 is 1.19 bits per heavy atom. The molecule has 0 saturated carbocycles. The summed E-state index contributed by atoms with van der Waals surface area (Å²) >= 11 is 14.5. The van der Waals surface area contributed by atoms with E-state index in [4.69, 9.17) is 27.9 Å². The minimum atomic E-state index is -0.0522. The Balaban J connectivity index is 1.63. The van der Waals surface area contributed by atoms with Crippen LogP contribution in [-0.2, 0) is 0 Å². The van der Waals surface area contributed by atoms with Crippen molar-refractivity contribution < 1.29 is 9.53 Å². The van der Waals surface area contributed by atoms with E-state index in [1.165, 1.54) is 23.1 Å². The fourth-order valence-electron chi connectivity index (χ4n) is 2.23. The Hall–Kier alpha value is -1.80. The van der Waals surface area contributed by atoms with Gasteiger partial charge in [-0.3, -0.25) is 4.79 Å². The first-order chi connectivity index (χ1) is 13.0. The van der Waals surface area contributed by atoms with Crippen LogP contribution in [0.25, 0.3) is 0 Å². The van der Waals surface area contributed by atoms with Gasteiger partial charge in [0.25, 0.3) is 0 Å². The van der Waals surface area contributed by atoms with Crippen LogP contribution in [0.15, 0.2) is 40.7 Å². The van der Waals surface area contributed by atoms with Gasteiger partial charge < -0.3 is 10.1 Å². The number of Topliss-reactive ketones (excluding diaryl/α,β-unsaturated/α-hetero) is 1. The van der Waals surface area contributed by atoms with Crippen LogP contribution in [0.1, 0.15) is 15.9 Å². The zero-order valence-corrected chi connectivity index (χ0v) is 17.6. The average Bonchev–Trinajstić information content (AvgIpc) is 3.09. The number of thioether (sulfide) groups is 1. The second-order valence-corrected chi connectivity index (χ2v) is 8.56. The topological polar surface area (TPSA) is 64.1 Å². The smallest absolute Gasteiger partial charge is 0.210 e. The van der Waals surface area contributed by atoms with Crippen molar-refractivity contribution in [2.24, 2.45) is 0 Å². The van der Waals surface area contributed by atoms with E-state index in [9.17, 15) is 4.79 Å². The molecule has 0 radical (unpaired) electrons. The van der Waals surface area contributed by atoms with Gasteiger partial charge in [-0.2, -0.15) is 0 Å². The lowest BCUT2D eigenvalue weighted by atomic mass is 10.1. The molecular formula is C18H15Cl2N3O2S2. The molecule has 1 heterocycles. The number of hydrogen-bond acceptors (Lipinski definition) is 7. The van der Waals surface area contributed by atoms with Gasteiger partial charge in [-0.15, -0.1) is 10.2 Å². The van der Waals surface area contributed by atoms with Gasteiger partial charge in [-0.1, -0.05) is 52.4 Å². The lowest BCUT2D eigenvalue weighted by Crippen LogP contribution is -2.02. The maximum Gasteiger partial charge on any atom is 0.210 e. The van der Waals surface area contributed by atoms with Gasteiger partial charge in [-0.25, -0.2) is 0 Å². The largest absolute Gasteiger partial charge is 0.495 e. The van der Waals surface area contributed by atoms with Crippen LogP contribution in [0.3, 0.4) is 0 Å². The molecular weight excluding hydrogens is 425 g/mol. The van der Waals surface area contributed by atoms with Crippen LogP contribution in [-0.4, -0.2) is 28.8 Å². The highest BCUT2D eigenvalue weighted by Gasteiger charge is 2.12. The van der Waals surface area contributed by atoms with Crippen molar-refractivity contribution in [1.82, 2.24) is 10.2 Å². The molecule has 2 aromatic carbocycles. The van der Waals surface area contributed by atoms with Gasteiger partial charge in [0.05, 0.1) is 28.6 Å². The quantitative estimate of drug-likeness (QED) is 0.366. The molecule has 5 nitrogen and oxygen atoms in total. The fraction of sp³-hybridized carbons (Fsp3) is 0.167. The molecule has 0 aliphatic rings. The Bertz CT molecular complexity index is 979. The van der Waals surface area contributed by atoms with Crippen molar-refractivity contribution in [3.63, 3.8) is 0 Å². The number of rotatable bonds is 7. The Labute approximate surface area is 175 Å². The lowest BCUT2D eigenvalue weighted by Gasteiger charge is -2.09. The van der Waals surface area contributed by atoms with E-state index in [2.05, 4.69) is 15.5 Å². The molecule has 0 fully saturated rings. The van der Waals surface area contributed by atoms with E-state index in [-0.39, 0.29) is 11.5 Å². The van der Waals surface area contributed by atoms with Gasteiger partial charge in [0.2, 0.25) is 5.13 Å². The number of nitrogens with zero attached hydrogens (tertiary/aromatic N) is 2. The average molecular weight is 440 g/mol. The number of aromatic nitrogens is 2. The van der Waals surface area contributed by atoms with Gasteiger partial charge in [0.1, 0.15) is 5.75 Å². The number of aryl methyl sites for hydroxylation is 1. The second kappa shape index (κ2) is 8.93. The predicted molar refractivity (Wildman–Crippen MR) is 112 cm³/mol. The number of carbonyl (C=O) groups is 1. The first-order valence-electron chi connectivity index (χ1n) is 7.82. The molecule has 0 atom stereocenters. The minimum absolute atomic E-state index is 0.0522. The molecule has 9 heteroatoms. The van der Waals surface area contributed by atoms with Gasteiger partial charge in [0.15, 0.2) is 10.1 Å². The highest BCUT2D eigenvalue weighted by molar-refractivity contribution is 8.01. The SMILES string of the molecule is COc1ccc(C)cc1Nc1nnc(SCC(=O)c2ccc(Cl)c(Cl)c2)s1. The lowest BCUT2D eigenvalue weighted by molar-refractivity contribution is 0.102. The Kier molecular flexibility index (Phi) is 6.59. The third kappa shape index (κ3) is 5.13. The van der Waals surface area contributed by atoms with Crippen LogP contribution in [0.5, 0.6) is 5.75 Å². The van der Waals surface area contributed by atoms with Crippen molar-refractivity contribution >= 4 is 62.9 Å². The number of ether oxygens (including phenoxy) is 1. The second-order valence-electron chi connectivity index (χ2n) is 5.54. The molecule has 0 spiro atoms. The molecule has 0 amide bonds. The standard InChI is InChI=1S/C18H15Cl2N3O2S2/c1-10-3-6-16(25-2)14(7-10)21-17-22-23-18(27-17)26-9-15(24)11-4-5-12(19)13(20)8-11/h3-8H,9H2,1-2H3,(H,21,22). The van der Waals surface area contributed by atoms with E-state index in [0.717, 1.165) is 17.0 Å². The number of methoxy groups -OCH3 is 1. The Morgan fingerprint density at radius 3 is 2.74 bits per heavy atom. The van der Waals surface area contributed by atoms with Crippen molar-refractivity contribution in [2.75, 3.05) is 18.2 Å². The third-order valence-electron chi connectivity index (χ3n) is 3.57. The number of ketones is 1. The number of benzene rings is 2. The van der Waals surface area contributed by atoms with Crippen molar-refractivity contribution in [2.45, 2.75) is 11.3 Å². The summed E-state index contributed by atoms with van der Waals surface area (Å²) in [7, 11) is 1.62. The van der Waals surface area contributed by atoms with Crippen molar-refractivity contribution in [1.29, 1.82) is 0 Å². The monoisotopic (exact) mass is 439 g/mol. The summed E-state index contributed by atoms with van der Waals surface area (Å²) in [5, 5.41) is 12.9. The summed E-state index contributed by atoms with van der Waals surface area (Å²) < 4.78 is 6.04. The normalized spacial score (nSPS) is 10.7. The summed E-state index contributed by atoms with van der Waals surface area (Å²) in [5.41, 5.74) is 2.44. The van der Waals surface area contributed by atoms with Crippen LogP contribution < -0.4 is 10.1 Å². The van der Waals surface area contributed by atoms with Gasteiger partial charge in [0, 0.05) is 5.56 Å².